The van der Waals surface area contributed by atoms with Crippen molar-refractivity contribution in [3.63, 3.8) is 0 Å². The SMILES string of the molecule is Cc1ccc(N=C2S/C(=C/c3ccncc3)C(=O)N2C)cc1. The topological polar surface area (TPSA) is 45.6 Å². The number of likely N-dealkylation sites (N-methyl/N-ethyl adjacent to an activating group) is 1. The number of nitrogens with zero attached hydrogens (tertiary/aromatic N) is 3. The second kappa shape index (κ2) is 6.15. The number of amides is 1. The predicted octanol–water partition coefficient (Wildman–Crippen LogP) is 3.62. The van der Waals surface area contributed by atoms with Crippen LogP contribution < -0.4 is 0 Å². The second-order valence-electron chi connectivity index (χ2n) is 4.99. The number of aromatic nitrogens is 1. The maximum absolute atomic E-state index is 12.3. The van der Waals surface area contributed by atoms with Crippen molar-refractivity contribution in [2.24, 2.45) is 4.99 Å². The van der Waals surface area contributed by atoms with Crippen molar-refractivity contribution >= 4 is 34.6 Å². The van der Waals surface area contributed by atoms with Crippen LogP contribution >= 0.6 is 11.8 Å². The molecule has 0 radical (unpaired) electrons. The number of aliphatic imine (C=N–C) groups is 1. The molecule has 3 rings (SSSR count). The summed E-state index contributed by atoms with van der Waals surface area (Å²) >= 11 is 1.39. The summed E-state index contributed by atoms with van der Waals surface area (Å²) < 4.78 is 0. The first kappa shape index (κ1) is 14.5. The minimum Gasteiger partial charge on any atom is -0.290 e. The lowest BCUT2D eigenvalue weighted by Crippen LogP contribution is -2.23. The summed E-state index contributed by atoms with van der Waals surface area (Å²) in [6.45, 7) is 2.03. The lowest BCUT2D eigenvalue weighted by atomic mass is 10.2. The van der Waals surface area contributed by atoms with Crippen molar-refractivity contribution in [1.29, 1.82) is 0 Å². The average molecular weight is 309 g/mol. The highest BCUT2D eigenvalue weighted by Gasteiger charge is 2.30. The molecule has 1 aromatic carbocycles. The highest BCUT2D eigenvalue weighted by Crippen LogP contribution is 2.32. The number of aryl methyl sites for hydroxylation is 1. The van der Waals surface area contributed by atoms with Crippen molar-refractivity contribution < 1.29 is 4.79 Å². The molecule has 2 aromatic rings. The normalized spacial score (nSPS) is 18.5. The molecular formula is C17H15N3OS. The van der Waals surface area contributed by atoms with Crippen LogP contribution in [0.4, 0.5) is 5.69 Å². The van der Waals surface area contributed by atoms with Gasteiger partial charge in [0.2, 0.25) is 0 Å². The zero-order valence-corrected chi connectivity index (χ0v) is 13.2. The molecule has 0 saturated carbocycles. The first-order chi connectivity index (χ1) is 10.6. The summed E-state index contributed by atoms with van der Waals surface area (Å²) in [6, 6.07) is 11.7. The number of hydrogen-bond acceptors (Lipinski definition) is 4. The molecule has 110 valence electrons. The molecular weight excluding hydrogens is 294 g/mol. The van der Waals surface area contributed by atoms with Crippen LogP contribution in [-0.4, -0.2) is 28.0 Å². The molecule has 0 unspecified atom stereocenters. The summed E-state index contributed by atoms with van der Waals surface area (Å²) in [5, 5.41) is 0.689. The van der Waals surface area contributed by atoms with Gasteiger partial charge < -0.3 is 0 Å². The van der Waals surface area contributed by atoms with E-state index < -0.39 is 0 Å². The Balaban J connectivity index is 1.88. The molecule has 1 aliphatic heterocycles. The fourth-order valence-electron chi connectivity index (χ4n) is 1.99. The number of thioether (sulfide) groups is 1. The van der Waals surface area contributed by atoms with Crippen LogP contribution in [0.25, 0.3) is 6.08 Å². The summed E-state index contributed by atoms with van der Waals surface area (Å²) in [5.41, 5.74) is 2.99. The van der Waals surface area contributed by atoms with Crippen LogP contribution in [0.3, 0.4) is 0 Å². The third-order valence-electron chi connectivity index (χ3n) is 3.27. The van der Waals surface area contributed by atoms with Gasteiger partial charge in [-0.15, -0.1) is 0 Å². The molecule has 0 atom stereocenters. The van der Waals surface area contributed by atoms with Crippen LogP contribution in [0, 0.1) is 6.92 Å². The maximum Gasteiger partial charge on any atom is 0.266 e. The van der Waals surface area contributed by atoms with Gasteiger partial charge in [0.15, 0.2) is 5.17 Å². The van der Waals surface area contributed by atoms with Crippen molar-refractivity contribution in [2.45, 2.75) is 6.92 Å². The zero-order valence-electron chi connectivity index (χ0n) is 12.4. The van der Waals surface area contributed by atoms with Gasteiger partial charge in [0, 0.05) is 19.4 Å². The monoisotopic (exact) mass is 309 g/mol. The molecule has 0 spiro atoms. The fourth-order valence-corrected chi connectivity index (χ4v) is 2.98. The molecule has 0 N–H and O–H groups in total. The van der Waals surface area contributed by atoms with Gasteiger partial charge in [0.05, 0.1) is 10.6 Å². The molecule has 1 aromatic heterocycles. The number of amidine groups is 1. The summed E-state index contributed by atoms with van der Waals surface area (Å²) in [5.74, 6) is -0.0346. The molecule has 1 saturated heterocycles. The summed E-state index contributed by atoms with van der Waals surface area (Å²) in [4.78, 5) is 23.1. The van der Waals surface area contributed by atoms with E-state index in [2.05, 4.69) is 9.98 Å². The molecule has 1 aliphatic rings. The molecule has 0 aliphatic carbocycles. The number of rotatable bonds is 2. The molecule has 4 nitrogen and oxygen atoms in total. The van der Waals surface area contributed by atoms with Gasteiger partial charge in [0.25, 0.3) is 5.91 Å². The highest BCUT2D eigenvalue weighted by atomic mass is 32.2. The van der Waals surface area contributed by atoms with Crippen LogP contribution in [0.15, 0.2) is 58.7 Å². The maximum atomic E-state index is 12.3. The molecule has 1 amide bonds. The van der Waals surface area contributed by atoms with E-state index >= 15 is 0 Å². The van der Waals surface area contributed by atoms with Crippen LogP contribution in [0.2, 0.25) is 0 Å². The predicted molar refractivity (Wildman–Crippen MR) is 90.8 cm³/mol. The van der Waals surface area contributed by atoms with Crippen LogP contribution in [0.5, 0.6) is 0 Å². The fraction of sp³-hybridized carbons (Fsp3) is 0.118. The molecule has 2 heterocycles. The van der Waals surface area contributed by atoms with Gasteiger partial charge in [0.1, 0.15) is 0 Å². The van der Waals surface area contributed by atoms with Gasteiger partial charge in [-0.3, -0.25) is 14.7 Å². The lowest BCUT2D eigenvalue weighted by molar-refractivity contribution is -0.121. The largest absolute Gasteiger partial charge is 0.290 e. The standard InChI is InChI=1S/C17H15N3OS/c1-12-3-5-14(6-4-12)19-17-20(2)16(21)15(22-17)11-13-7-9-18-10-8-13/h3-11H,1-2H3/b15-11+,19-17?. The smallest absolute Gasteiger partial charge is 0.266 e. The Kier molecular flexibility index (Phi) is 4.06. The van der Waals surface area contributed by atoms with Gasteiger partial charge in [-0.1, -0.05) is 17.7 Å². The van der Waals surface area contributed by atoms with E-state index in [4.69, 9.17) is 0 Å². The Bertz CT molecular complexity index is 751. The lowest BCUT2D eigenvalue weighted by Gasteiger charge is -2.07. The minimum absolute atomic E-state index is 0.0346. The Morgan fingerprint density at radius 2 is 1.82 bits per heavy atom. The Morgan fingerprint density at radius 1 is 1.14 bits per heavy atom. The summed E-state index contributed by atoms with van der Waals surface area (Å²) in [7, 11) is 1.75. The Hall–Kier alpha value is -2.40. The quantitative estimate of drug-likeness (QED) is 0.796. The van der Waals surface area contributed by atoms with Crippen LogP contribution in [-0.2, 0) is 4.79 Å². The molecule has 22 heavy (non-hydrogen) atoms. The van der Waals surface area contributed by atoms with Gasteiger partial charge >= 0.3 is 0 Å². The van der Waals surface area contributed by atoms with Crippen molar-refractivity contribution in [3.8, 4) is 0 Å². The van der Waals surface area contributed by atoms with Crippen molar-refractivity contribution in [2.75, 3.05) is 7.05 Å². The van der Waals surface area contributed by atoms with E-state index in [1.165, 1.54) is 17.3 Å². The van der Waals surface area contributed by atoms with E-state index in [0.29, 0.717) is 10.1 Å². The zero-order chi connectivity index (χ0) is 15.5. The molecule has 0 bridgehead atoms. The van der Waals surface area contributed by atoms with Crippen LogP contribution in [0.1, 0.15) is 11.1 Å². The van der Waals surface area contributed by atoms with E-state index in [0.717, 1.165) is 11.3 Å². The third kappa shape index (κ3) is 3.09. The average Bonchev–Trinajstić information content (AvgIpc) is 2.79. The molecule has 1 fully saturated rings. The Morgan fingerprint density at radius 3 is 2.50 bits per heavy atom. The number of carbonyl (C=O) groups is 1. The molecule has 5 heteroatoms. The Labute approximate surface area is 133 Å². The van der Waals surface area contributed by atoms with Crippen molar-refractivity contribution in [1.82, 2.24) is 9.88 Å². The third-order valence-corrected chi connectivity index (χ3v) is 4.33. The van der Waals surface area contributed by atoms with E-state index in [9.17, 15) is 4.79 Å². The van der Waals surface area contributed by atoms with Gasteiger partial charge in [-0.2, -0.15) is 0 Å². The summed E-state index contributed by atoms with van der Waals surface area (Å²) in [6.07, 6.45) is 5.28. The van der Waals surface area contributed by atoms with Crippen molar-refractivity contribution in [3.05, 3.63) is 64.8 Å². The highest BCUT2D eigenvalue weighted by molar-refractivity contribution is 8.18. The number of pyridine rings is 1. The number of hydrogen-bond donors (Lipinski definition) is 0. The first-order valence-corrected chi connectivity index (χ1v) is 7.68. The number of benzene rings is 1. The second-order valence-corrected chi connectivity index (χ2v) is 5.99. The minimum atomic E-state index is -0.0346. The van der Waals surface area contributed by atoms with E-state index in [1.807, 2.05) is 49.4 Å². The van der Waals surface area contributed by atoms with Gasteiger partial charge in [-0.05, 0) is 54.6 Å². The van der Waals surface area contributed by atoms with E-state index in [-0.39, 0.29) is 5.91 Å². The first-order valence-electron chi connectivity index (χ1n) is 6.86. The van der Waals surface area contributed by atoms with E-state index in [1.54, 1.807) is 24.3 Å². The number of carbonyl (C=O) groups excluding carboxylic acids is 1. The van der Waals surface area contributed by atoms with Gasteiger partial charge in [-0.25, -0.2) is 4.99 Å².